The number of halogens is 8. The van der Waals surface area contributed by atoms with Crippen LogP contribution in [0.15, 0.2) is 36.7 Å². The molecule has 306 valence electrons. The zero-order valence-corrected chi connectivity index (χ0v) is 34.5. The molecule has 55 heavy (non-hydrogen) atoms. The van der Waals surface area contributed by atoms with Crippen LogP contribution in [0, 0.1) is 10.8 Å². The Morgan fingerprint density at radius 2 is 1.49 bits per heavy atom. The number of ether oxygens (including phenoxy) is 1. The van der Waals surface area contributed by atoms with E-state index in [1.165, 1.54) is 12.4 Å². The van der Waals surface area contributed by atoms with Crippen molar-refractivity contribution in [2.75, 3.05) is 37.8 Å². The first-order valence-electron chi connectivity index (χ1n) is 18.3. The molecule has 1 aromatic carbocycles. The van der Waals surface area contributed by atoms with Gasteiger partial charge in [0, 0.05) is 54.1 Å². The molecule has 3 aliphatic rings. The average Bonchev–Trinajstić information content (AvgIpc) is 3.12. The molecule has 2 fully saturated rings. The van der Waals surface area contributed by atoms with Crippen LogP contribution in [0.5, 0.6) is 5.75 Å². The highest BCUT2D eigenvalue weighted by Crippen LogP contribution is 2.52. The number of fused-ring (bicyclic) bond motifs is 1. The molecule has 2 aliphatic carbocycles. The second kappa shape index (κ2) is 17.5. The van der Waals surface area contributed by atoms with Crippen molar-refractivity contribution in [3.63, 3.8) is 0 Å². The van der Waals surface area contributed by atoms with E-state index < -0.39 is 41.3 Å². The minimum atomic E-state index is -4.61. The average molecular weight is 913 g/mol. The van der Waals surface area contributed by atoms with Gasteiger partial charge in [0.05, 0.1) is 49.6 Å². The van der Waals surface area contributed by atoms with E-state index in [1.807, 2.05) is 18.7 Å². The first kappa shape index (κ1) is 45.2. The number of nitrogens with zero attached hydrogens (tertiary/aromatic N) is 4. The largest absolute Gasteiger partial charge is 0.490 e. The maximum absolute atomic E-state index is 17.3. The predicted molar refractivity (Wildman–Crippen MR) is 206 cm³/mol. The van der Waals surface area contributed by atoms with Crippen LogP contribution in [0.4, 0.5) is 32.3 Å². The first-order valence-corrected chi connectivity index (χ1v) is 18.3. The summed E-state index contributed by atoms with van der Waals surface area (Å²) in [6.07, 6.45) is -3.19. The van der Waals surface area contributed by atoms with Gasteiger partial charge in [0.1, 0.15) is 0 Å². The van der Waals surface area contributed by atoms with E-state index >= 15 is 4.39 Å². The van der Waals surface area contributed by atoms with Crippen molar-refractivity contribution in [2.24, 2.45) is 10.8 Å². The van der Waals surface area contributed by atoms with Gasteiger partial charge in [-0.25, -0.2) is 23.1 Å². The van der Waals surface area contributed by atoms with Crippen LogP contribution in [0.2, 0.25) is 0 Å². The van der Waals surface area contributed by atoms with Crippen LogP contribution >= 0.6 is 34.0 Å². The zero-order chi connectivity index (χ0) is 38.3. The number of aliphatic hydroxyl groups excluding tert-OH is 3. The van der Waals surface area contributed by atoms with Gasteiger partial charge in [0.15, 0.2) is 11.9 Å². The molecule has 1 saturated carbocycles. The lowest BCUT2D eigenvalue weighted by Gasteiger charge is -2.41. The van der Waals surface area contributed by atoms with Crippen LogP contribution in [0.3, 0.4) is 0 Å². The Morgan fingerprint density at radius 1 is 0.909 bits per heavy atom. The Labute approximate surface area is 338 Å². The van der Waals surface area contributed by atoms with Crippen LogP contribution in [0.1, 0.15) is 129 Å². The fourth-order valence-corrected chi connectivity index (χ4v) is 8.01. The number of aliphatic hydroxyl groups is 3. The van der Waals surface area contributed by atoms with E-state index in [9.17, 15) is 37.3 Å². The van der Waals surface area contributed by atoms with E-state index in [1.54, 1.807) is 6.92 Å². The van der Waals surface area contributed by atoms with E-state index in [-0.39, 0.29) is 102 Å². The van der Waals surface area contributed by atoms with Gasteiger partial charge in [0.2, 0.25) is 11.9 Å². The standard InChI is InChI=1S/C39H48F6N4O4.2BrH/c1-36(2)16-28-31(29(52)17-36)30(23-8-12-38(41,42)13-9-23)32(33(40)24-4-6-26(7-5-24)39(43,44)45)34(48-28)25-10-14-49(15-11-25)35-46-18-27(19-47-35)53-22-37(3,20-50)21-51;;/h4-7,18-19,23,25,29,33,50-52H,8-17,20-22H2,1-3H3;2*1H/t29-,33-;;/m0../s1. The summed E-state index contributed by atoms with van der Waals surface area (Å²) in [4.78, 5) is 16.0. The SMILES string of the molecule is Br.Br.CC1(C)Cc2nc(C3CCN(c4ncc(OCC(C)(CO)CO)cn4)CC3)c([C@@H](F)c3ccc(C(F)(F)F)cc3)c(C3CCC(F)(F)CC3)c2[C@@H](O)C1. The maximum Gasteiger partial charge on any atom is 0.416 e. The highest BCUT2D eigenvalue weighted by Gasteiger charge is 2.44. The van der Waals surface area contributed by atoms with Crippen molar-refractivity contribution < 1.29 is 46.4 Å². The number of hydrogen-bond donors (Lipinski definition) is 3. The van der Waals surface area contributed by atoms with Gasteiger partial charge in [-0.3, -0.25) is 4.98 Å². The van der Waals surface area contributed by atoms with Gasteiger partial charge in [-0.2, -0.15) is 13.2 Å². The predicted octanol–water partition coefficient (Wildman–Crippen LogP) is 9.16. The summed E-state index contributed by atoms with van der Waals surface area (Å²) in [7, 11) is 0. The second-order valence-electron chi connectivity index (χ2n) is 16.3. The summed E-state index contributed by atoms with van der Waals surface area (Å²) in [6, 6.07) is 3.93. The number of rotatable bonds is 10. The van der Waals surface area contributed by atoms with Gasteiger partial charge in [-0.15, -0.1) is 34.0 Å². The van der Waals surface area contributed by atoms with Crippen molar-refractivity contribution in [2.45, 2.75) is 108 Å². The van der Waals surface area contributed by atoms with Gasteiger partial charge in [0.25, 0.3) is 0 Å². The Hall–Kier alpha value is -2.53. The number of piperidine rings is 1. The molecule has 0 spiro atoms. The normalized spacial score (nSPS) is 20.9. The van der Waals surface area contributed by atoms with Crippen LogP contribution in [-0.2, 0) is 12.6 Å². The molecule has 3 N–H and O–H groups in total. The Bertz CT molecular complexity index is 1730. The second-order valence-corrected chi connectivity index (χ2v) is 16.3. The molecule has 2 aromatic heterocycles. The van der Waals surface area contributed by atoms with Crippen molar-refractivity contribution in [1.29, 1.82) is 0 Å². The van der Waals surface area contributed by atoms with Gasteiger partial charge in [-0.05, 0) is 73.1 Å². The molecule has 0 unspecified atom stereocenters. The summed E-state index contributed by atoms with van der Waals surface area (Å²) in [6.45, 7) is 6.21. The van der Waals surface area contributed by atoms with Gasteiger partial charge >= 0.3 is 6.18 Å². The smallest absolute Gasteiger partial charge is 0.416 e. The summed E-state index contributed by atoms with van der Waals surface area (Å²) >= 11 is 0. The molecule has 2 atom stereocenters. The number of anilines is 1. The molecule has 16 heteroatoms. The molecule has 0 radical (unpaired) electrons. The summed E-state index contributed by atoms with van der Waals surface area (Å²) in [5.41, 5.74) is 0.191. The Kier molecular flexibility index (Phi) is 14.4. The molecule has 0 bridgehead atoms. The summed E-state index contributed by atoms with van der Waals surface area (Å²) in [5.74, 6) is -2.79. The lowest BCUT2D eigenvalue weighted by atomic mass is 9.68. The molecule has 1 aliphatic heterocycles. The monoisotopic (exact) mass is 910 g/mol. The zero-order valence-electron chi connectivity index (χ0n) is 31.1. The minimum absolute atomic E-state index is 0. The van der Waals surface area contributed by atoms with Crippen LogP contribution in [0.25, 0.3) is 0 Å². The molecular weight excluding hydrogens is 862 g/mol. The lowest BCUT2D eigenvalue weighted by Crippen LogP contribution is -2.36. The van der Waals surface area contributed by atoms with Crippen molar-refractivity contribution in [1.82, 2.24) is 15.0 Å². The van der Waals surface area contributed by atoms with Crippen molar-refractivity contribution in [3.8, 4) is 5.75 Å². The number of alkyl halides is 6. The van der Waals surface area contributed by atoms with Gasteiger partial charge < -0.3 is 25.0 Å². The molecule has 3 aromatic rings. The Morgan fingerprint density at radius 3 is 2.04 bits per heavy atom. The maximum atomic E-state index is 17.3. The molecule has 3 heterocycles. The highest BCUT2D eigenvalue weighted by atomic mass is 79.9. The third-order valence-electron chi connectivity index (χ3n) is 11.2. The summed E-state index contributed by atoms with van der Waals surface area (Å²) in [5, 5.41) is 30.7. The molecular formula is C39H50Br2F6N4O4. The Balaban J connectivity index is 0.00000336. The summed E-state index contributed by atoms with van der Waals surface area (Å²) < 4.78 is 92.3. The molecule has 6 rings (SSSR count). The van der Waals surface area contributed by atoms with E-state index in [0.29, 0.717) is 73.0 Å². The van der Waals surface area contributed by atoms with Crippen molar-refractivity contribution >= 4 is 39.9 Å². The third kappa shape index (κ3) is 10.1. The third-order valence-corrected chi connectivity index (χ3v) is 11.2. The van der Waals surface area contributed by atoms with E-state index in [2.05, 4.69) is 9.97 Å². The van der Waals surface area contributed by atoms with E-state index in [0.717, 1.165) is 24.3 Å². The van der Waals surface area contributed by atoms with Crippen LogP contribution in [-0.4, -0.2) is 69.1 Å². The fraction of sp³-hybridized carbons (Fsp3) is 0.615. The lowest BCUT2D eigenvalue weighted by molar-refractivity contribution is -0.137. The minimum Gasteiger partial charge on any atom is -0.490 e. The number of pyridine rings is 1. The van der Waals surface area contributed by atoms with E-state index in [4.69, 9.17) is 9.72 Å². The van der Waals surface area contributed by atoms with Crippen molar-refractivity contribution in [3.05, 3.63) is 75.9 Å². The fourth-order valence-electron chi connectivity index (χ4n) is 8.01. The number of hydrogen-bond acceptors (Lipinski definition) is 8. The molecule has 0 amide bonds. The number of benzene rings is 1. The van der Waals surface area contributed by atoms with Gasteiger partial charge in [-0.1, -0.05) is 32.9 Å². The molecule has 1 saturated heterocycles. The first-order chi connectivity index (χ1) is 24.9. The quantitative estimate of drug-likeness (QED) is 0.173. The topological polar surface area (TPSA) is 112 Å². The van der Waals surface area contributed by atoms with Crippen LogP contribution < -0.4 is 9.64 Å². The molecule has 8 nitrogen and oxygen atoms in total. The number of aromatic nitrogens is 3. The highest BCUT2D eigenvalue weighted by molar-refractivity contribution is 8.93.